The van der Waals surface area contributed by atoms with E-state index in [1.165, 1.54) is 5.39 Å². The zero-order chi connectivity index (χ0) is 19.8. The van der Waals surface area contributed by atoms with Gasteiger partial charge in [0.05, 0.1) is 24.3 Å². The minimum Gasteiger partial charge on any atom is -0.362 e. The minimum atomic E-state index is 0.530. The van der Waals surface area contributed by atoms with Crippen LogP contribution in [0.1, 0.15) is 23.0 Å². The lowest BCUT2D eigenvalue weighted by molar-refractivity contribution is 0.391. The number of benzene rings is 1. The summed E-state index contributed by atoms with van der Waals surface area (Å²) in [4.78, 5) is 13.8. The molecule has 1 N–H and O–H groups in total. The molecule has 0 aliphatic rings. The van der Waals surface area contributed by atoms with Gasteiger partial charge in [0.25, 0.3) is 0 Å². The fraction of sp³-hybridized carbons (Fsp3) is 0.182. The minimum absolute atomic E-state index is 0.530. The fourth-order valence-electron chi connectivity index (χ4n) is 3.54. The van der Waals surface area contributed by atoms with Crippen molar-refractivity contribution in [2.45, 2.75) is 26.9 Å². The first-order chi connectivity index (χ1) is 14.2. The monoisotopic (exact) mass is 384 g/mol. The van der Waals surface area contributed by atoms with Gasteiger partial charge in [0.2, 0.25) is 0 Å². The van der Waals surface area contributed by atoms with Crippen LogP contribution in [0.4, 0.5) is 5.82 Å². The third-order valence-electron chi connectivity index (χ3n) is 4.86. The average molecular weight is 384 g/mol. The van der Waals surface area contributed by atoms with Crippen molar-refractivity contribution in [1.82, 2.24) is 24.7 Å². The number of rotatable bonds is 5. The molecule has 0 aliphatic heterocycles. The van der Waals surface area contributed by atoms with Crippen molar-refractivity contribution in [2.75, 3.05) is 5.32 Å². The van der Waals surface area contributed by atoms with Crippen molar-refractivity contribution in [2.24, 2.45) is 0 Å². The molecular weight excluding hydrogens is 364 g/mol. The second kappa shape index (κ2) is 7.01. The lowest BCUT2D eigenvalue weighted by Gasteiger charge is -2.11. The maximum atomic E-state index is 5.15. The molecule has 0 unspecified atom stereocenters. The molecular formula is C22H20N6O. The summed E-state index contributed by atoms with van der Waals surface area (Å²) in [6.45, 7) is 4.94. The van der Waals surface area contributed by atoms with Gasteiger partial charge in [-0.15, -0.1) is 0 Å². The SMILES string of the molecule is Cc1nc(NCc2cc(C)on2)c2c(ccn2Cc2cc3ccccc3cn2)n1. The van der Waals surface area contributed by atoms with E-state index >= 15 is 0 Å². The number of anilines is 1. The maximum Gasteiger partial charge on any atom is 0.154 e. The molecule has 0 fully saturated rings. The molecule has 5 aromatic rings. The van der Waals surface area contributed by atoms with Gasteiger partial charge in [-0.25, -0.2) is 9.97 Å². The van der Waals surface area contributed by atoms with E-state index in [1.807, 2.05) is 50.5 Å². The maximum absolute atomic E-state index is 5.15. The van der Waals surface area contributed by atoms with Crippen molar-refractivity contribution >= 4 is 27.6 Å². The van der Waals surface area contributed by atoms with Gasteiger partial charge in [0, 0.05) is 23.8 Å². The van der Waals surface area contributed by atoms with Crippen molar-refractivity contribution in [3.8, 4) is 0 Å². The highest BCUT2D eigenvalue weighted by Crippen LogP contribution is 2.24. The van der Waals surface area contributed by atoms with Crippen LogP contribution in [0.5, 0.6) is 0 Å². The third-order valence-corrected chi connectivity index (χ3v) is 4.86. The van der Waals surface area contributed by atoms with Gasteiger partial charge in [-0.3, -0.25) is 4.98 Å². The van der Waals surface area contributed by atoms with Crippen LogP contribution >= 0.6 is 0 Å². The second-order valence-corrected chi connectivity index (χ2v) is 7.10. The van der Waals surface area contributed by atoms with Crippen LogP contribution in [0.15, 0.2) is 59.4 Å². The number of aryl methyl sites for hydroxylation is 2. The molecule has 0 saturated carbocycles. The first-order valence-corrected chi connectivity index (χ1v) is 9.49. The first kappa shape index (κ1) is 17.4. The van der Waals surface area contributed by atoms with Gasteiger partial charge in [-0.05, 0) is 31.4 Å². The molecule has 7 nitrogen and oxygen atoms in total. The van der Waals surface area contributed by atoms with Crippen LogP contribution in [0.3, 0.4) is 0 Å². The van der Waals surface area contributed by atoms with Gasteiger partial charge < -0.3 is 14.4 Å². The molecule has 5 rings (SSSR count). The summed E-state index contributed by atoms with van der Waals surface area (Å²) in [5, 5.41) is 9.75. The van der Waals surface area contributed by atoms with E-state index in [1.54, 1.807) is 0 Å². The van der Waals surface area contributed by atoms with Gasteiger partial charge in [-0.1, -0.05) is 29.4 Å². The number of hydrogen-bond acceptors (Lipinski definition) is 6. The molecule has 144 valence electrons. The number of hydrogen-bond donors (Lipinski definition) is 1. The van der Waals surface area contributed by atoms with E-state index in [-0.39, 0.29) is 0 Å². The summed E-state index contributed by atoms with van der Waals surface area (Å²) in [6, 6.07) is 14.3. The number of nitrogens with one attached hydrogen (secondary N) is 1. The van der Waals surface area contributed by atoms with Crippen molar-refractivity contribution in [3.63, 3.8) is 0 Å². The Hall–Kier alpha value is -3.74. The van der Waals surface area contributed by atoms with E-state index < -0.39 is 0 Å². The molecule has 1 aromatic carbocycles. The summed E-state index contributed by atoms with van der Waals surface area (Å²) in [7, 11) is 0. The van der Waals surface area contributed by atoms with Crippen LogP contribution in [-0.2, 0) is 13.1 Å². The number of aromatic nitrogens is 5. The Balaban J connectivity index is 1.49. The Labute approximate surface area is 167 Å². The highest BCUT2D eigenvalue weighted by molar-refractivity contribution is 5.87. The van der Waals surface area contributed by atoms with E-state index in [0.29, 0.717) is 13.1 Å². The lowest BCUT2D eigenvalue weighted by Crippen LogP contribution is -2.08. The molecule has 29 heavy (non-hydrogen) atoms. The Bertz CT molecular complexity index is 1320. The summed E-state index contributed by atoms with van der Waals surface area (Å²) in [6.07, 6.45) is 3.95. The first-order valence-electron chi connectivity index (χ1n) is 9.49. The molecule has 0 spiro atoms. The third kappa shape index (κ3) is 3.42. The quantitative estimate of drug-likeness (QED) is 0.488. The van der Waals surface area contributed by atoms with Gasteiger partial charge in [0.15, 0.2) is 5.82 Å². The van der Waals surface area contributed by atoms with Gasteiger partial charge >= 0.3 is 0 Å². The summed E-state index contributed by atoms with van der Waals surface area (Å²) >= 11 is 0. The smallest absolute Gasteiger partial charge is 0.154 e. The molecule has 0 bridgehead atoms. The van der Waals surface area contributed by atoms with Crippen LogP contribution in [0.2, 0.25) is 0 Å². The standard InChI is InChI=1S/C22H20N6O/c1-14-9-18(27-29-14)12-24-22-21-20(25-15(2)26-22)7-8-28(21)13-19-10-16-5-3-4-6-17(16)11-23-19/h3-11H,12-13H2,1-2H3,(H,24,25,26). The number of pyridine rings is 1. The molecule has 0 aliphatic carbocycles. The number of fused-ring (bicyclic) bond motifs is 2. The Morgan fingerprint density at radius 3 is 2.69 bits per heavy atom. The summed E-state index contributed by atoms with van der Waals surface area (Å²) in [5.41, 5.74) is 3.67. The largest absolute Gasteiger partial charge is 0.362 e. The zero-order valence-corrected chi connectivity index (χ0v) is 16.3. The molecule has 0 amide bonds. The molecule has 0 atom stereocenters. The van der Waals surface area contributed by atoms with Crippen LogP contribution < -0.4 is 5.32 Å². The van der Waals surface area contributed by atoms with Crippen molar-refractivity contribution < 1.29 is 4.52 Å². The number of nitrogens with zero attached hydrogens (tertiary/aromatic N) is 5. The van der Waals surface area contributed by atoms with Crippen LogP contribution in [-0.4, -0.2) is 24.7 Å². The zero-order valence-electron chi connectivity index (χ0n) is 16.3. The van der Waals surface area contributed by atoms with Crippen molar-refractivity contribution in [3.05, 3.63) is 77.8 Å². The van der Waals surface area contributed by atoms with E-state index in [9.17, 15) is 0 Å². The second-order valence-electron chi connectivity index (χ2n) is 7.10. The molecule has 0 saturated heterocycles. The predicted octanol–water partition coefficient (Wildman–Crippen LogP) is 4.24. The highest BCUT2D eigenvalue weighted by Gasteiger charge is 2.13. The highest BCUT2D eigenvalue weighted by atomic mass is 16.5. The topological polar surface area (TPSA) is 81.7 Å². The summed E-state index contributed by atoms with van der Waals surface area (Å²) in [5.74, 6) is 2.29. The Morgan fingerprint density at radius 1 is 1.00 bits per heavy atom. The fourth-order valence-corrected chi connectivity index (χ4v) is 3.54. The van der Waals surface area contributed by atoms with Crippen LogP contribution in [0, 0.1) is 13.8 Å². The van der Waals surface area contributed by atoms with Gasteiger partial charge in [0.1, 0.15) is 22.8 Å². The lowest BCUT2D eigenvalue weighted by atomic mass is 10.1. The normalized spacial score (nSPS) is 11.4. The molecule has 0 radical (unpaired) electrons. The molecule has 7 heteroatoms. The van der Waals surface area contributed by atoms with E-state index in [0.717, 1.165) is 45.2 Å². The summed E-state index contributed by atoms with van der Waals surface area (Å²) < 4.78 is 7.28. The van der Waals surface area contributed by atoms with Gasteiger partial charge in [-0.2, -0.15) is 0 Å². The average Bonchev–Trinajstić information content (AvgIpc) is 3.32. The molecule has 4 heterocycles. The van der Waals surface area contributed by atoms with E-state index in [2.05, 4.69) is 48.2 Å². The van der Waals surface area contributed by atoms with Crippen molar-refractivity contribution in [1.29, 1.82) is 0 Å². The Kier molecular flexibility index (Phi) is 4.20. The Morgan fingerprint density at radius 2 is 1.86 bits per heavy atom. The van der Waals surface area contributed by atoms with E-state index in [4.69, 9.17) is 4.52 Å². The van der Waals surface area contributed by atoms with Crippen LogP contribution in [0.25, 0.3) is 21.8 Å². The predicted molar refractivity (Wildman–Crippen MR) is 112 cm³/mol. The molecule has 4 aromatic heterocycles.